The van der Waals surface area contributed by atoms with E-state index in [-0.39, 0.29) is 11.9 Å². The van der Waals surface area contributed by atoms with Crippen LogP contribution in [0.2, 0.25) is 0 Å². The van der Waals surface area contributed by atoms with E-state index in [4.69, 9.17) is 9.47 Å². The number of fused-ring (bicyclic) bond motifs is 1. The van der Waals surface area contributed by atoms with Crippen molar-refractivity contribution in [2.45, 2.75) is 26.4 Å². The number of ketones is 1. The highest BCUT2D eigenvalue weighted by molar-refractivity contribution is 6.09. The van der Waals surface area contributed by atoms with E-state index < -0.39 is 0 Å². The molecule has 3 rings (SSSR count). The highest BCUT2D eigenvalue weighted by Crippen LogP contribution is 2.30. The Bertz CT molecular complexity index is 659. The third-order valence-electron chi connectivity index (χ3n) is 3.59. The number of rotatable bonds is 4. The highest BCUT2D eigenvalue weighted by atomic mass is 16.5. The number of carbonyl (C=O) groups is 1. The van der Waals surface area contributed by atoms with Crippen molar-refractivity contribution in [3.63, 3.8) is 0 Å². The lowest BCUT2D eigenvalue weighted by Crippen LogP contribution is -2.05. The molecule has 2 aromatic carbocycles. The van der Waals surface area contributed by atoms with Crippen molar-refractivity contribution in [1.82, 2.24) is 0 Å². The third kappa shape index (κ3) is 2.77. The molecule has 0 N–H and O–H groups in total. The molecule has 1 aliphatic heterocycles. The summed E-state index contributed by atoms with van der Waals surface area (Å²) in [6, 6.07) is 12.9. The monoisotopic (exact) mass is 282 g/mol. The summed E-state index contributed by atoms with van der Waals surface area (Å²) in [4.78, 5) is 12.5. The average Bonchev–Trinajstić information content (AvgIpc) is 2.86. The maximum absolute atomic E-state index is 12.5. The Morgan fingerprint density at radius 1 is 1.19 bits per heavy atom. The van der Waals surface area contributed by atoms with Gasteiger partial charge in [-0.15, -0.1) is 0 Å². The topological polar surface area (TPSA) is 35.5 Å². The standard InChI is InChI=1S/C18H18O3/c1-3-20-16-7-4-13(5-8-16)18(19)14-6-9-17-15(11-14)10-12(2)21-17/h4-9,11-12H,3,10H2,1-2H3. The lowest BCUT2D eigenvalue weighted by Gasteiger charge is -2.06. The first-order valence-corrected chi connectivity index (χ1v) is 7.24. The molecule has 1 heterocycles. The molecular weight excluding hydrogens is 264 g/mol. The number of carbonyl (C=O) groups excluding carboxylic acids is 1. The summed E-state index contributed by atoms with van der Waals surface area (Å²) < 4.78 is 11.1. The van der Waals surface area contributed by atoms with Crippen molar-refractivity contribution in [2.75, 3.05) is 6.61 Å². The Kier molecular flexibility index (Phi) is 3.65. The van der Waals surface area contributed by atoms with Gasteiger partial charge in [-0.2, -0.15) is 0 Å². The molecule has 1 aliphatic rings. The van der Waals surface area contributed by atoms with E-state index in [1.165, 1.54) is 0 Å². The minimum atomic E-state index is 0.0281. The van der Waals surface area contributed by atoms with Crippen LogP contribution in [0.25, 0.3) is 0 Å². The SMILES string of the molecule is CCOc1ccc(C(=O)c2ccc3c(c2)CC(C)O3)cc1. The molecule has 0 spiro atoms. The molecule has 0 amide bonds. The summed E-state index contributed by atoms with van der Waals surface area (Å²) in [5.74, 6) is 1.70. The van der Waals surface area contributed by atoms with Gasteiger partial charge in [0, 0.05) is 17.5 Å². The molecule has 0 saturated heterocycles. The molecule has 3 heteroatoms. The van der Waals surface area contributed by atoms with Crippen LogP contribution in [0.3, 0.4) is 0 Å². The van der Waals surface area contributed by atoms with Gasteiger partial charge in [0.1, 0.15) is 17.6 Å². The Labute approximate surface area is 124 Å². The summed E-state index contributed by atoms with van der Waals surface area (Å²) in [5.41, 5.74) is 2.49. The van der Waals surface area contributed by atoms with E-state index in [1.807, 2.05) is 44.2 Å². The zero-order chi connectivity index (χ0) is 14.8. The first kappa shape index (κ1) is 13.7. The fourth-order valence-corrected chi connectivity index (χ4v) is 2.60. The van der Waals surface area contributed by atoms with Gasteiger partial charge < -0.3 is 9.47 Å². The van der Waals surface area contributed by atoms with E-state index in [2.05, 4.69) is 0 Å². The predicted octanol–water partition coefficient (Wildman–Crippen LogP) is 3.64. The fourth-order valence-electron chi connectivity index (χ4n) is 2.60. The molecule has 0 saturated carbocycles. The summed E-state index contributed by atoms with van der Waals surface area (Å²) in [6.45, 7) is 4.59. The van der Waals surface area contributed by atoms with Gasteiger partial charge in [-0.25, -0.2) is 0 Å². The van der Waals surface area contributed by atoms with Crippen LogP contribution in [0.4, 0.5) is 0 Å². The van der Waals surface area contributed by atoms with E-state index in [0.717, 1.165) is 23.5 Å². The highest BCUT2D eigenvalue weighted by Gasteiger charge is 2.20. The van der Waals surface area contributed by atoms with E-state index >= 15 is 0 Å². The van der Waals surface area contributed by atoms with Crippen LogP contribution in [-0.4, -0.2) is 18.5 Å². The Hall–Kier alpha value is -2.29. The molecule has 0 aromatic heterocycles. The summed E-state index contributed by atoms with van der Waals surface area (Å²) in [6.07, 6.45) is 1.05. The van der Waals surface area contributed by atoms with E-state index in [1.54, 1.807) is 12.1 Å². The third-order valence-corrected chi connectivity index (χ3v) is 3.59. The molecule has 0 fully saturated rings. The van der Waals surface area contributed by atoms with Crippen LogP contribution in [0.1, 0.15) is 35.3 Å². The average molecular weight is 282 g/mol. The van der Waals surface area contributed by atoms with E-state index in [9.17, 15) is 4.79 Å². The minimum Gasteiger partial charge on any atom is -0.494 e. The van der Waals surface area contributed by atoms with Crippen LogP contribution < -0.4 is 9.47 Å². The molecule has 21 heavy (non-hydrogen) atoms. The lowest BCUT2D eigenvalue weighted by atomic mass is 10.00. The molecule has 0 bridgehead atoms. The number of benzene rings is 2. The Morgan fingerprint density at radius 3 is 2.62 bits per heavy atom. The van der Waals surface area contributed by atoms with Crippen molar-refractivity contribution in [3.8, 4) is 11.5 Å². The summed E-state index contributed by atoms with van der Waals surface area (Å²) in [5, 5.41) is 0. The van der Waals surface area contributed by atoms with Gasteiger partial charge in [-0.05, 0) is 61.9 Å². The maximum atomic E-state index is 12.5. The first-order valence-electron chi connectivity index (χ1n) is 7.24. The molecule has 0 aliphatic carbocycles. The fraction of sp³-hybridized carbons (Fsp3) is 0.278. The first-order chi connectivity index (χ1) is 10.2. The second-order valence-corrected chi connectivity index (χ2v) is 5.24. The van der Waals surface area contributed by atoms with Crippen LogP contribution >= 0.6 is 0 Å². The van der Waals surface area contributed by atoms with Gasteiger partial charge in [0.25, 0.3) is 0 Å². The van der Waals surface area contributed by atoms with Crippen molar-refractivity contribution in [2.24, 2.45) is 0 Å². The lowest BCUT2D eigenvalue weighted by molar-refractivity contribution is 0.103. The molecule has 0 radical (unpaired) electrons. The number of hydrogen-bond acceptors (Lipinski definition) is 3. The van der Waals surface area contributed by atoms with Crippen molar-refractivity contribution in [1.29, 1.82) is 0 Å². The Balaban J connectivity index is 1.83. The second-order valence-electron chi connectivity index (χ2n) is 5.24. The normalized spacial score (nSPS) is 16.2. The smallest absolute Gasteiger partial charge is 0.193 e. The molecule has 2 aromatic rings. The Morgan fingerprint density at radius 2 is 1.90 bits per heavy atom. The van der Waals surface area contributed by atoms with Gasteiger partial charge in [-0.3, -0.25) is 4.79 Å². The van der Waals surface area contributed by atoms with Crippen LogP contribution in [-0.2, 0) is 6.42 Å². The predicted molar refractivity (Wildman–Crippen MR) is 81.3 cm³/mol. The zero-order valence-electron chi connectivity index (χ0n) is 12.3. The van der Waals surface area contributed by atoms with Gasteiger partial charge in [0.05, 0.1) is 6.61 Å². The van der Waals surface area contributed by atoms with Gasteiger partial charge in [0.2, 0.25) is 0 Å². The van der Waals surface area contributed by atoms with Crippen LogP contribution in [0.15, 0.2) is 42.5 Å². The van der Waals surface area contributed by atoms with Crippen molar-refractivity contribution < 1.29 is 14.3 Å². The van der Waals surface area contributed by atoms with Crippen molar-refractivity contribution in [3.05, 3.63) is 59.2 Å². The quantitative estimate of drug-likeness (QED) is 0.803. The number of ether oxygens (including phenoxy) is 2. The molecular formula is C18H18O3. The van der Waals surface area contributed by atoms with E-state index in [0.29, 0.717) is 17.7 Å². The summed E-state index contributed by atoms with van der Waals surface area (Å²) in [7, 11) is 0. The molecule has 1 unspecified atom stereocenters. The zero-order valence-corrected chi connectivity index (χ0v) is 12.3. The van der Waals surface area contributed by atoms with Gasteiger partial charge in [-0.1, -0.05) is 0 Å². The number of hydrogen-bond donors (Lipinski definition) is 0. The van der Waals surface area contributed by atoms with Gasteiger partial charge in [0.15, 0.2) is 5.78 Å². The molecule has 3 nitrogen and oxygen atoms in total. The maximum Gasteiger partial charge on any atom is 0.193 e. The van der Waals surface area contributed by atoms with Crippen molar-refractivity contribution >= 4 is 5.78 Å². The summed E-state index contributed by atoms with van der Waals surface area (Å²) >= 11 is 0. The molecule has 108 valence electrons. The van der Waals surface area contributed by atoms with Crippen LogP contribution in [0, 0.1) is 0 Å². The molecule has 1 atom stereocenters. The van der Waals surface area contributed by atoms with Gasteiger partial charge >= 0.3 is 0 Å². The largest absolute Gasteiger partial charge is 0.494 e. The second kappa shape index (κ2) is 5.60. The van der Waals surface area contributed by atoms with Crippen LogP contribution in [0.5, 0.6) is 11.5 Å². The minimum absolute atomic E-state index is 0.0281.